The van der Waals surface area contributed by atoms with Gasteiger partial charge in [0.05, 0.1) is 18.3 Å². The van der Waals surface area contributed by atoms with Gasteiger partial charge < -0.3 is 5.11 Å². The first kappa shape index (κ1) is 13.8. The van der Waals surface area contributed by atoms with Crippen molar-refractivity contribution in [2.24, 2.45) is 5.41 Å². The van der Waals surface area contributed by atoms with Crippen LogP contribution in [-0.2, 0) is 6.54 Å². The Morgan fingerprint density at radius 2 is 1.79 bits per heavy atom. The molecule has 1 heterocycles. The van der Waals surface area contributed by atoms with Crippen LogP contribution in [0.2, 0.25) is 0 Å². The van der Waals surface area contributed by atoms with Gasteiger partial charge in [0.2, 0.25) is 0 Å². The first-order chi connectivity index (χ1) is 8.86. The highest BCUT2D eigenvalue weighted by molar-refractivity contribution is 5.58. The monoisotopic (exact) mass is 258 g/mol. The molecule has 1 aromatic carbocycles. The summed E-state index contributed by atoms with van der Waals surface area (Å²) in [6.45, 7) is 8.68. The van der Waals surface area contributed by atoms with E-state index in [4.69, 9.17) is 0 Å². The van der Waals surface area contributed by atoms with E-state index in [9.17, 15) is 5.11 Å². The van der Waals surface area contributed by atoms with Crippen LogP contribution in [0.15, 0.2) is 36.5 Å². The maximum atomic E-state index is 10.1. The minimum absolute atomic E-state index is 0.129. The van der Waals surface area contributed by atoms with E-state index in [2.05, 4.69) is 36.3 Å². The lowest BCUT2D eigenvalue weighted by atomic mass is 9.89. The topological polar surface area (TPSA) is 38.0 Å². The number of nitrogens with zero attached hydrogens (tertiary/aromatic N) is 2. The SMILES string of the molecule is Cc1ccc(-c2ccn(C[C@H](O)C(C)(C)C)n2)cc1. The fourth-order valence-corrected chi connectivity index (χ4v) is 1.79. The molecule has 0 unspecified atom stereocenters. The van der Waals surface area contributed by atoms with E-state index in [1.54, 1.807) is 0 Å². The molecule has 3 nitrogen and oxygen atoms in total. The number of hydrogen-bond donors (Lipinski definition) is 1. The lowest BCUT2D eigenvalue weighted by Gasteiger charge is -2.25. The summed E-state index contributed by atoms with van der Waals surface area (Å²) in [5, 5.41) is 14.6. The van der Waals surface area contributed by atoms with Gasteiger partial charge in [-0.2, -0.15) is 5.10 Å². The van der Waals surface area contributed by atoms with E-state index < -0.39 is 6.10 Å². The second kappa shape index (κ2) is 5.17. The van der Waals surface area contributed by atoms with Gasteiger partial charge in [-0.05, 0) is 18.4 Å². The summed E-state index contributed by atoms with van der Waals surface area (Å²) < 4.78 is 1.81. The number of benzene rings is 1. The van der Waals surface area contributed by atoms with Crippen molar-refractivity contribution in [2.75, 3.05) is 0 Å². The van der Waals surface area contributed by atoms with Gasteiger partial charge >= 0.3 is 0 Å². The molecule has 2 rings (SSSR count). The van der Waals surface area contributed by atoms with Crippen LogP contribution in [-0.4, -0.2) is 21.0 Å². The molecule has 0 aliphatic rings. The maximum Gasteiger partial charge on any atom is 0.0923 e. The second-order valence-corrected chi connectivity index (χ2v) is 6.17. The number of rotatable bonds is 3. The van der Waals surface area contributed by atoms with Gasteiger partial charge in [-0.25, -0.2) is 0 Å². The van der Waals surface area contributed by atoms with Crippen molar-refractivity contribution < 1.29 is 5.11 Å². The zero-order valence-electron chi connectivity index (χ0n) is 12.1. The molecule has 2 aromatic rings. The van der Waals surface area contributed by atoms with Crippen molar-refractivity contribution in [1.29, 1.82) is 0 Å². The molecule has 0 saturated heterocycles. The molecule has 1 aromatic heterocycles. The lowest BCUT2D eigenvalue weighted by molar-refractivity contribution is 0.0451. The summed E-state index contributed by atoms with van der Waals surface area (Å²) in [7, 11) is 0. The van der Waals surface area contributed by atoms with E-state index in [0.29, 0.717) is 6.54 Å². The van der Waals surface area contributed by atoms with Gasteiger partial charge in [0, 0.05) is 11.8 Å². The van der Waals surface area contributed by atoms with Gasteiger partial charge in [0.1, 0.15) is 0 Å². The summed E-state index contributed by atoms with van der Waals surface area (Å²) in [5.41, 5.74) is 3.16. The fourth-order valence-electron chi connectivity index (χ4n) is 1.79. The van der Waals surface area contributed by atoms with Crippen LogP contribution in [0.25, 0.3) is 11.3 Å². The highest BCUT2D eigenvalue weighted by Crippen LogP contribution is 2.21. The van der Waals surface area contributed by atoms with Crippen LogP contribution in [0.5, 0.6) is 0 Å². The minimum atomic E-state index is -0.404. The van der Waals surface area contributed by atoms with Crippen molar-refractivity contribution in [1.82, 2.24) is 9.78 Å². The zero-order chi connectivity index (χ0) is 14.0. The third-order valence-electron chi connectivity index (χ3n) is 3.35. The Kier molecular flexibility index (Phi) is 3.76. The number of aryl methyl sites for hydroxylation is 1. The van der Waals surface area contributed by atoms with Gasteiger partial charge in [-0.1, -0.05) is 50.6 Å². The average molecular weight is 258 g/mol. The Labute approximate surface area is 114 Å². The van der Waals surface area contributed by atoms with Crippen molar-refractivity contribution in [3.63, 3.8) is 0 Å². The predicted octanol–water partition coefficient (Wildman–Crippen LogP) is 3.27. The second-order valence-electron chi connectivity index (χ2n) is 6.17. The first-order valence-corrected chi connectivity index (χ1v) is 6.65. The van der Waals surface area contributed by atoms with E-state index in [0.717, 1.165) is 11.3 Å². The maximum absolute atomic E-state index is 10.1. The number of aromatic nitrogens is 2. The molecule has 0 aliphatic carbocycles. The number of aliphatic hydroxyl groups excluding tert-OH is 1. The Bertz CT molecular complexity index is 535. The van der Waals surface area contributed by atoms with Crippen molar-refractivity contribution >= 4 is 0 Å². The van der Waals surface area contributed by atoms with Crippen molar-refractivity contribution in [3.05, 3.63) is 42.1 Å². The summed E-state index contributed by atoms with van der Waals surface area (Å²) >= 11 is 0. The van der Waals surface area contributed by atoms with Crippen LogP contribution in [0.1, 0.15) is 26.3 Å². The van der Waals surface area contributed by atoms with Crippen LogP contribution >= 0.6 is 0 Å². The molecule has 0 amide bonds. The highest BCUT2D eigenvalue weighted by atomic mass is 16.3. The van der Waals surface area contributed by atoms with Gasteiger partial charge in [-0.3, -0.25) is 4.68 Å². The van der Waals surface area contributed by atoms with E-state index in [1.165, 1.54) is 5.56 Å². The molecule has 1 atom stereocenters. The smallest absolute Gasteiger partial charge is 0.0923 e. The molecule has 3 heteroatoms. The fraction of sp³-hybridized carbons (Fsp3) is 0.438. The molecule has 0 aliphatic heterocycles. The van der Waals surface area contributed by atoms with E-state index in [1.807, 2.05) is 37.7 Å². The standard InChI is InChI=1S/C16H22N2O/c1-12-5-7-13(8-6-12)14-9-10-18(17-14)11-15(19)16(2,3)4/h5-10,15,19H,11H2,1-4H3/t15-/m0/s1. The molecular formula is C16H22N2O. The van der Waals surface area contributed by atoms with Crippen LogP contribution in [0, 0.1) is 12.3 Å². The summed E-state index contributed by atoms with van der Waals surface area (Å²) in [4.78, 5) is 0. The molecule has 0 radical (unpaired) electrons. The first-order valence-electron chi connectivity index (χ1n) is 6.65. The molecular weight excluding hydrogens is 236 g/mol. The van der Waals surface area contributed by atoms with Crippen LogP contribution in [0.3, 0.4) is 0 Å². The van der Waals surface area contributed by atoms with E-state index in [-0.39, 0.29) is 5.41 Å². The van der Waals surface area contributed by atoms with Crippen molar-refractivity contribution in [2.45, 2.75) is 40.3 Å². The molecule has 19 heavy (non-hydrogen) atoms. The predicted molar refractivity (Wildman–Crippen MR) is 77.9 cm³/mol. The van der Waals surface area contributed by atoms with Gasteiger partial charge in [-0.15, -0.1) is 0 Å². The summed E-state index contributed by atoms with van der Waals surface area (Å²) in [6, 6.07) is 10.3. The Hall–Kier alpha value is -1.61. The number of aliphatic hydroxyl groups is 1. The lowest BCUT2D eigenvalue weighted by Crippen LogP contribution is -2.30. The quantitative estimate of drug-likeness (QED) is 0.917. The molecule has 1 N–H and O–H groups in total. The molecule has 0 fully saturated rings. The zero-order valence-corrected chi connectivity index (χ0v) is 12.1. The molecule has 102 valence electrons. The highest BCUT2D eigenvalue weighted by Gasteiger charge is 2.22. The third-order valence-corrected chi connectivity index (χ3v) is 3.35. The minimum Gasteiger partial charge on any atom is -0.391 e. The number of hydrogen-bond acceptors (Lipinski definition) is 2. The molecule has 0 saturated carbocycles. The third kappa shape index (κ3) is 3.44. The molecule has 0 spiro atoms. The van der Waals surface area contributed by atoms with E-state index >= 15 is 0 Å². The summed E-state index contributed by atoms with van der Waals surface area (Å²) in [5.74, 6) is 0. The van der Waals surface area contributed by atoms with Gasteiger partial charge in [0.25, 0.3) is 0 Å². The van der Waals surface area contributed by atoms with Gasteiger partial charge in [0.15, 0.2) is 0 Å². The summed E-state index contributed by atoms with van der Waals surface area (Å²) in [6.07, 6.45) is 1.52. The Morgan fingerprint density at radius 3 is 2.37 bits per heavy atom. The average Bonchev–Trinajstić information content (AvgIpc) is 2.77. The largest absolute Gasteiger partial charge is 0.391 e. The molecule has 0 bridgehead atoms. The van der Waals surface area contributed by atoms with Crippen molar-refractivity contribution in [3.8, 4) is 11.3 Å². The normalized spacial score (nSPS) is 13.5. The Morgan fingerprint density at radius 1 is 1.16 bits per heavy atom. The van der Waals surface area contributed by atoms with Crippen LogP contribution in [0.4, 0.5) is 0 Å². The Balaban J connectivity index is 2.13. The van der Waals surface area contributed by atoms with Crippen LogP contribution < -0.4 is 0 Å².